The first-order valence-corrected chi connectivity index (χ1v) is 11.8. The molecule has 1 aliphatic carbocycles. The Morgan fingerprint density at radius 1 is 1.38 bits per heavy atom. The average Bonchev–Trinajstić information content (AvgIpc) is 3.29. The van der Waals surface area contributed by atoms with Crippen molar-refractivity contribution in [3.63, 3.8) is 0 Å². The summed E-state index contributed by atoms with van der Waals surface area (Å²) in [6.45, 7) is 5.02. The topological polar surface area (TPSA) is 66.9 Å². The second-order valence-electron chi connectivity index (χ2n) is 6.77. The summed E-state index contributed by atoms with van der Waals surface area (Å²) in [5.41, 5.74) is 0. The van der Waals surface area contributed by atoms with Gasteiger partial charge in [0.05, 0.1) is 5.25 Å². The number of anilines is 1. The van der Waals surface area contributed by atoms with E-state index in [0.717, 1.165) is 28.9 Å². The maximum absolute atomic E-state index is 12.5. The fourth-order valence-electron chi connectivity index (χ4n) is 3.11. The summed E-state index contributed by atoms with van der Waals surface area (Å²) in [5, 5.41) is 17.7. The smallest absolute Gasteiger partial charge is 0.233 e. The molecule has 2 aromatic rings. The minimum Gasteiger partial charge on any atom is -0.360 e. The van der Waals surface area contributed by atoms with Gasteiger partial charge < -0.3 is 10.6 Å². The van der Waals surface area contributed by atoms with Gasteiger partial charge in [-0.2, -0.15) is 0 Å². The van der Waals surface area contributed by atoms with Crippen LogP contribution in [0.2, 0.25) is 0 Å². The molecule has 8 heteroatoms. The van der Waals surface area contributed by atoms with Crippen molar-refractivity contribution in [3.8, 4) is 0 Å². The van der Waals surface area contributed by atoms with Crippen molar-refractivity contribution in [2.75, 3.05) is 11.9 Å². The molecule has 3 unspecified atom stereocenters. The molecule has 0 saturated heterocycles. The van der Waals surface area contributed by atoms with Gasteiger partial charge in [-0.3, -0.25) is 4.79 Å². The molecule has 2 aromatic heterocycles. The number of hydrogen-bond acceptors (Lipinski definition) is 7. The molecule has 1 fully saturated rings. The second kappa shape index (κ2) is 9.71. The van der Waals surface area contributed by atoms with E-state index >= 15 is 0 Å². The predicted molar refractivity (Wildman–Crippen MR) is 111 cm³/mol. The minimum atomic E-state index is -0.156. The number of thioether (sulfide) groups is 1. The molecule has 2 N–H and O–H groups in total. The van der Waals surface area contributed by atoms with E-state index in [-0.39, 0.29) is 11.2 Å². The molecule has 0 aliphatic heterocycles. The molecule has 1 saturated carbocycles. The summed E-state index contributed by atoms with van der Waals surface area (Å²) in [7, 11) is 0. The molecule has 2 heterocycles. The molecular formula is C18H26N4OS3. The molecule has 0 bridgehead atoms. The summed E-state index contributed by atoms with van der Waals surface area (Å²) >= 11 is 4.77. The first-order chi connectivity index (χ1) is 12.6. The average molecular weight is 411 g/mol. The Hall–Kier alpha value is -1.12. The Morgan fingerprint density at radius 3 is 3.00 bits per heavy atom. The fraction of sp³-hybridized carbons (Fsp3) is 0.611. The zero-order chi connectivity index (χ0) is 18.4. The van der Waals surface area contributed by atoms with Crippen molar-refractivity contribution in [1.82, 2.24) is 15.5 Å². The number of rotatable bonds is 8. The maximum Gasteiger partial charge on any atom is 0.233 e. The highest BCUT2D eigenvalue weighted by molar-refractivity contribution is 8.02. The fourth-order valence-corrected chi connectivity index (χ4v) is 5.75. The predicted octanol–water partition coefficient (Wildman–Crippen LogP) is 4.43. The van der Waals surface area contributed by atoms with Crippen molar-refractivity contribution in [2.45, 2.75) is 61.6 Å². The van der Waals surface area contributed by atoms with Crippen LogP contribution in [0.4, 0.5) is 5.13 Å². The molecule has 3 rings (SSSR count). The number of amides is 1. The zero-order valence-electron chi connectivity index (χ0n) is 15.2. The summed E-state index contributed by atoms with van der Waals surface area (Å²) in [5.74, 6) is 0.682. The molecule has 142 valence electrons. The van der Waals surface area contributed by atoms with E-state index in [1.165, 1.54) is 47.2 Å². The Labute approximate surface area is 167 Å². The Morgan fingerprint density at radius 2 is 2.23 bits per heavy atom. The van der Waals surface area contributed by atoms with Gasteiger partial charge in [0.25, 0.3) is 0 Å². The van der Waals surface area contributed by atoms with Gasteiger partial charge in [-0.05, 0) is 43.6 Å². The summed E-state index contributed by atoms with van der Waals surface area (Å²) in [6, 6.07) is 4.53. The lowest BCUT2D eigenvalue weighted by Crippen LogP contribution is -2.44. The number of nitrogens with one attached hydrogen (secondary N) is 2. The van der Waals surface area contributed by atoms with E-state index in [2.05, 4.69) is 45.3 Å². The summed E-state index contributed by atoms with van der Waals surface area (Å²) in [6.07, 6.45) is 5.79. The van der Waals surface area contributed by atoms with Crippen LogP contribution in [0.5, 0.6) is 0 Å². The van der Waals surface area contributed by atoms with Gasteiger partial charge in [0.1, 0.15) is 0 Å². The number of carbonyl (C=O) groups is 1. The molecule has 1 amide bonds. The minimum absolute atomic E-state index is 0.108. The summed E-state index contributed by atoms with van der Waals surface area (Å²) in [4.78, 5) is 13.8. The van der Waals surface area contributed by atoms with Crippen LogP contribution in [0.25, 0.3) is 0 Å². The van der Waals surface area contributed by atoms with Crippen molar-refractivity contribution in [1.29, 1.82) is 0 Å². The number of carbonyl (C=O) groups excluding carboxylic acids is 1. The van der Waals surface area contributed by atoms with Gasteiger partial charge in [-0.1, -0.05) is 48.9 Å². The van der Waals surface area contributed by atoms with Gasteiger partial charge in [0.2, 0.25) is 11.0 Å². The van der Waals surface area contributed by atoms with Crippen molar-refractivity contribution >= 4 is 45.5 Å². The highest BCUT2D eigenvalue weighted by atomic mass is 32.2. The van der Waals surface area contributed by atoms with E-state index < -0.39 is 0 Å². The van der Waals surface area contributed by atoms with Gasteiger partial charge in [0, 0.05) is 17.5 Å². The SMILES string of the molecule is CC(Sc1nnc(NCCc2cccs2)s1)C(=O)NC1CCCCC1C. The van der Waals surface area contributed by atoms with E-state index in [1.807, 2.05) is 6.92 Å². The van der Waals surface area contributed by atoms with Gasteiger partial charge in [0.15, 0.2) is 4.34 Å². The zero-order valence-corrected chi connectivity index (χ0v) is 17.7. The van der Waals surface area contributed by atoms with Crippen LogP contribution in [-0.2, 0) is 11.2 Å². The van der Waals surface area contributed by atoms with Crippen LogP contribution in [-0.4, -0.2) is 33.9 Å². The van der Waals surface area contributed by atoms with E-state index in [4.69, 9.17) is 0 Å². The van der Waals surface area contributed by atoms with Crippen LogP contribution >= 0.6 is 34.4 Å². The first kappa shape index (κ1) is 19.6. The second-order valence-corrected chi connectivity index (χ2v) is 10.4. The lowest BCUT2D eigenvalue weighted by Gasteiger charge is -2.30. The van der Waals surface area contributed by atoms with Gasteiger partial charge >= 0.3 is 0 Å². The van der Waals surface area contributed by atoms with Crippen molar-refractivity contribution in [3.05, 3.63) is 22.4 Å². The number of thiophene rings is 1. The van der Waals surface area contributed by atoms with Gasteiger partial charge in [-0.25, -0.2) is 0 Å². The third-order valence-electron chi connectivity index (χ3n) is 4.72. The third-order valence-corrected chi connectivity index (χ3v) is 7.72. The van der Waals surface area contributed by atoms with Crippen molar-refractivity contribution < 1.29 is 4.79 Å². The maximum atomic E-state index is 12.5. The quantitative estimate of drug-likeness (QED) is 0.630. The lowest BCUT2D eigenvalue weighted by molar-refractivity contribution is -0.121. The van der Waals surface area contributed by atoms with Gasteiger partial charge in [-0.15, -0.1) is 21.5 Å². The standard InChI is InChI=1S/C18H26N4OS3/c1-12-6-3-4-8-15(12)20-16(23)13(2)25-18-22-21-17(26-18)19-10-9-14-7-5-11-24-14/h5,7,11-13,15H,3-4,6,8-10H2,1-2H3,(H,19,21)(H,20,23). The third kappa shape index (κ3) is 5.69. The van der Waals surface area contributed by atoms with E-state index in [1.54, 1.807) is 11.3 Å². The van der Waals surface area contributed by atoms with Crippen LogP contribution < -0.4 is 10.6 Å². The van der Waals surface area contributed by atoms with E-state index in [0.29, 0.717) is 12.0 Å². The van der Waals surface area contributed by atoms with Crippen molar-refractivity contribution in [2.24, 2.45) is 5.92 Å². The van der Waals surface area contributed by atoms with Crippen LogP contribution in [0.15, 0.2) is 21.9 Å². The number of hydrogen-bond donors (Lipinski definition) is 2. The van der Waals surface area contributed by atoms with Crippen LogP contribution in [0.1, 0.15) is 44.4 Å². The summed E-state index contributed by atoms with van der Waals surface area (Å²) < 4.78 is 0.836. The molecule has 0 radical (unpaired) electrons. The first-order valence-electron chi connectivity index (χ1n) is 9.18. The Bertz CT molecular complexity index is 688. The molecule has 3 atom stereocenters. The highest BCUT2D eigenvalue weighted by Crippen LogP contribution is 2.30. The highest BCUT2D eigenvalue weighted by Gasteiger charge is 2.25. The molecule has 1 aliphatic rings. The molecule has 0 aromatic carbocycles. The molecule has 0 spiro atoms. The Kier molecular flexibility index (Phi) is 7.33. The number of aromatic nitrogens is 2. The molecule has 5 nitrogen and oxygen atoms in total. The monoisotopic (exact) mass is 410 g/mol. The molecule has 26 heavy (non-hydrogen) atoms. The van der Waals surface area contributed by atoms with Crippen LogP contribution in [0, 0.1) is 5.92 Å². The van der Waals surface area contributed by atoms with Crippen LogP contribution in [0.3, 0.4) is 0 Å². The molecular weight excluding hydrogens is 384 g/mol. The normalized spacial score (nSPS) is 21.3. The lowest BCUT2D eigenvalue weighted by atomic mass is 9.86. The van der Waals surface area contributed by atoms with E-state index in [9.17, 15) is 4.79 Å². The largest absolute Gasteiger partial charge is 0.360 e. The Balaban J connectivity index is 1.43. The number of nitrogens with zero attached hydrogens (tertiary/aromatic N) is 2.